The molecule has 160 valence electrons. The predicted molar refractivity (Wildman–Crippen MR) is 118 cm³/mol. The van der Waals surface area contributed by atoms with E-state index in [1.54, 1.807) is 54.5 Å². The average molecular weight is 429 g/mol. The maximum atomic E-state index is 14.2. The monoisotopic (exact) mass is 429 g/mol. The Balaban J connectivity index is 1.87. The molecule has 5 rings (SSSR count). The number of hydrogen-bond donors (Lipinski definition) is 1. The molecule has 0 spiro atoms. The summed E-state index contributed by atoms with van der Waals surface area (Å²) in [5.41, 5.74) is 9.77. The summed E-state index contributed by atoms with van der Waals surface area (Å²) in [6.07, 6.45) is 4.17. The van der Waals surface area contributed by atoms with E-state index in [-0.39, 0.29) is 11.6 Å². The van der Waals surface area contributed by atoms with Gasteiger partial charge in [-0.25, -0.2) is 9.37 Å². The first-order chi connectivity index (χ1) is 15.5. The summed E-state index contributed by atoms with van der Waals surface area (Å²) in [5.74, 6) is -0.106. The van der Waals surface area contributed by atoms with Gasteiger partial charge in [-0.1, -0.05) is 0 Å². The molecule has 1 aromatic carbocycles. The molecule has 32 heavy (non-hydrogen) atoms. The van der Waals surface area contributed by atoms with Crippen molar-refractivity contribution in [3.63, 3.8) is 0 Å². The van der Waals surface area contributed by atoms with Crippen LogP contribution in [-0.4, -0.2) is 25.5 Å². The smallest absolute Gasteiger partial charge is 0.199 e. The summed E-state index contributed by atoms with van der Waals surface area (Å²) < 4.78 is 22.1. The summed E-state index contributed by atoms with van der Waals surface area (Å²) in [5, 5.41) is 4.40. The number of ketones is 1. The number of nitrogens with zero attached hydrogens (tertiary/aromatic N) is 4. The molecule has 0 saturated heterocycles. The van der Waals surface area contributed by atoms with Crippen molar-refractivity contribution in [2.75, 3.05) is 5.73 Å². The van der Waals surface area contributed by atoms with Gasteiger partial charge in [-0.3, -0.25) is 14.5 Å². The van der Waals surface area contributed by atoms with E-state index in [1.165, 1.54) is 12.1 Å². The van der Waals surface area contributed by atoms with Crippen molar-refractivity contribution in [3.8, 4) is 28.3 Å². The number of aryl methyl sites for hydroxylation is 1. The van der Waals surface area contributed by atoms with Gasteiger partial charge in [0.1, 0.15) is 11.9 Å². The van der Waals surface area contributed by atoms with Crippen LogP contribution in [0.4, 0.5) is 10.2 Å². The quantitative estimate of drug-likeness (QED) is 0.481. The van der Waals surface area contributed by atoms with Crippen LogP contribution in [0.1, 0.15) is 41.4 Å². The van der Waals surface area contributed by atoms with Crippen molar-refractivity contribution >= 4 is 11.6 Å². The lowest BCUT2D eigenvalue weighted by atomic mass is 9.92. The molecule has 0 aliphatic carbocycles. The fraction of sp³-hybridized carbons (Fsp3) is 0.167. The number of carbonyl (C=O) groups excluding carboxylic acids is 1. The summed E-state index contributed by atoms with van der Waals surface area (Å²) in [6, 6.07) is 9.51. The minimum Gasteiger partial charge on any atom is -0.482 e. The zero-order chi connectivity index (χ0) is 22.4. The van der Waals surface area contributed by atoms with Gasteiger partial charge in [0.05, 0.1) is 23.1 Å². The molecule has 8 heteroatoms. The van der Waals surface area contributed by atoms with Crippen LogP contribution in [0.3, 0.4) is 0 Å². The number of nitrogen functional groups attached to an aromatic ring is 1. The zero-order valence-electron chi connectivity index (χ0n) is 17.5. The van der Waals surface area contributed by atoms with Crippen molar-refractivity contribution in [2.45, 2.75) is 26.5 Å². The predicted octanol–water partition coefficient (Wildman–Crippen LogP) is 4.43. The fourth-order valence-corrected chi connectivity index (χ4v) is 4.06. The first-order valence-corrected chi connectivity index (χ1v) is 10.3. The van der Waals surface area contributed by atoms with Gasteiger partial charge in [0.15, 0.2) is 17.4 Å². The molecule has 2 N–H and O–H groups in total. The zero-order valence-corrected chi connectivity index (χ0v) is 17.5. The van der Waals surface area contributed by atoms with Crippen LogP contribution in [-0.2, 0) is 6.54 Å². The van der Waals surface area contributed by atoms with Gasteiger partial charge in [-0.2, -0.15) is 5.10 Å². The molecule has 0 fully saturated rings. The molecular formula is C24H20FN5O2. The SMILES string of the molecule is CCn1ncc2c1-c1cnc(N)c(c1)O[C@H](C)c1cc(F)ccc1-c1ncccc1C2=O. The Kier molecular flexibility index (Phi) is 4.70. The van der Waals surface area contributed by atoms with Crippen LogP contribution in [0.2, 0.25) is 0 Å². The van der Waals surface area contributed by atoms with E-state index < -0.39 is 11.9 Å². The van der Waals surface area contributed by atoms with E-state index >= 15 is 0 Å². The lowest BCUT2D eigenvalue weighted by Gasteiger charge is -2.21. The molecule has 0 saturated carbocycles. The number of benzene rings is 1. The van der Waals surface area contributed by atoms with Crippen molar-refractivity contribution < 1.29 is 13.9 Å². The molecule has 4 heterocycles. The first-order valence-electron chi connectivity index (χ1n) is 10.3. The molecule has 2 bridgehead atoms. The van der Waals surface area contributed by atoms with Gasteiger partial charge in [0, 0.05) is 41.2 Å². The summed E-state index contributed by atoms with van der Waals surface area (Å²) in [6.45, 7) is 4.29. The fourth-order valence-electron chi connectivity index (χ4n) is 4.06. The number of halogens is 1. The topological polar surface area (TPSA) is 95.9 Å². The van der Waals surface area contributed by atoms with E-state index in [4.69, 9.17) is 10.5 Å². The number of pyridine rings is 2. The third-order valence-corrected chi connectivity index (χ3v) is 5.60. The molecule has 7 nitrogen and oxygen atoms in total. The molecule has 1 atom stereocenters. The second-order valence-electron chi connectivity index (χ2n) is 7.55. The number of rotatable bonds is 1. The Bertz CT molecular complexity index is 1360. The maximum Gasteiger partial charge on any atom is 0.199 e. The van der Waals surface area contributed by atoms with Crippen molar-refractivity contribution in [3.05, 3.63) is 77.5 Å². The second kappa shape index (κ2) is 7.56. The van der Waals surface area contributed by atoms with Crippen LogP contribution in [0.5, 0.6) is 5.75 Å². The summed E-state index contributed by atoms with van der Waals surface area (Å²) >= 11 is 0. The van der Waals surface area contributed by atoms with E-state index in [1.807, 2.05) is 6.92 Å². The summed E-state index contributed by atoms with van der Waals surface area (Å²) in [7, 11) is 0. The first kappa shape index (κ1) is 19.9. The van der Waals surface area contributed by atoms with E-state index in [9.17, 15) is 9.18 Å². The third-order valence-electron chi connectivity index (χ3n) is 5.60. The Morgan fingerprint density at radius 3 is 2.78 bits per heavy atom. The van der Waals surface area contributed by atoms with Crippen LogP contribution in [0.25, 0.3) is 22.5 Å². The molecule has 3 aromatic heterocycles. The molecule has 1 aliphatic heterocycles. The van der Waals surface area contributed by atoms with Gasteiger partial charge >= 0.3 is 0 Å². The number of fused-ring (bicyclic) bond motifs is 7. The minimum atomic E-state index is -0.583. The van der Waals surface area contributed by atoms with E-state index in [0.717, 1.165) is 0 Å². The number of nitrogens with two attached hydrogens (primary N) is 1. The molecule has 0 radical (unpaired) electrons. The van der Waals surface area contributed by atoms with Crippen molar-refractivity contribution in [1.82, 2.24) is 19.7 Å². The van der Waals surface area contributed by atoms with Crippen molar-refractivity contribution in [1.29, 1.82) is 0 Å². The number of carbonyl (C=O) groups is 1. The molecule has 1 aliphatic rings. The number of anilines is 1. The highest BCUT2D eigenvalue weighted by Crippen LogP contribution is 2.38. The Labute approximate surface area is 183 Å². The normalized spacial score (nSPS) is 15.0. The van der Waals surface area contributed by atoms with Crippen LogP contribution < -0.4 is 10.5 Å². The largest absolute Gasteiger partial charge is 0.482 e. The van der Waals surface area contributed by atoms with Crippen molar-refractivity contribution in [2.24, 2.45) is 0 Å². The van der Waals surface area contributed by atoms with Gasteiger partial charge in [-0.15, -0.1) is 0 Å². The molecule has 4 aromatic rings. The lowest BCUT2D eigenvalue weighted by Crippen LogP contribution is -2.12. The second-order valence-corrected chi connectivity index (χ2v) is 7.55. The van der Waals surface area contributed by atoms with Gasteiger partial charge in [0.2, 0.25) is 0 Å². The van der Waals surface area contributed by atoms with Crippen LogP contribution in [0, 0.1) is 5.82 Å². The average Bonchev–Trinajstić information content (AvgIpc) is 3.23. The van der Waals surface area contributed by atoms with Crippen LogP contribution in [0.15, 0.2) is 55.0 Å². The highest BCUT2D eigenvalue weighted by Gasteiger charge is 2.27. The molecular weight excluding hydrogens is 409 g/mol. The molecule has 0 unspecified atom stereocenters. The lowest BCUT2D eigenvalue weighted by molar-refractivity contribution is 0.103. The highest BCUT2D eigenvalue weighted by atomic mass is 19.1. The van der Waals surface area contributed by atoms with E-state index in [0.29, 0.717) is 51.5 Å². The van der Waals surface area contributed by atoms with Crippen LogP contribution >= 0.6 is 0 Å². The third kappa shape index (κ3) is 3.11. The Hall–Kier alpha value is -4.07. The number of aromatic nitrogens is 4. The minimum absolute atomic E-state index is 0.199. The van der Waals surface area contributed by atoms with E-state index in [2.05, 4.69) is 15.1 Å². The standard InChI is InChI=1S/C24H20FN5O2/c1-3-30-22-14-9-20(24(26)28-11-14)32-13(2)18-10-15(25)6-7-16(18)21-17(5-4-8-27-21)23(31)19(22)12-29-30/h4-13H,3H2,1-2H3,(H2,26,28)/t13-/m1/s1. The number of ether oxygens (including phenoxy) is 1. The summed E-state index contributed by atoms with van der Waals surface area (Å²) in [4.78, 5) is 22.5. The Morgan fingerprint density at radius 2 is 1.97 bits per heavy atom. The highest BCUT2D eigenvalue weighted by molar-refractivity contribution is 6.15. The Morgan fingerprint density at radius 1 is 1.12 bits per heavy atom. The number of hydrogen-bond acceptors (Lipinski definition) is 6. The van der Waals surface area contributed by atoms with Gasteiger partial charge in [-0.05, 0) is 50.2 Å². The van der Waals surface area contributed by atoms with Gasteiger partial charge in [0.25, 0.3) is 0 Å². The maximum absolute atomic E-state index is 14.2. The molecule has 0 amide bonds. The van der Waals surface area contributed by atoms with Gasteiger partial charge < -0.3 is 10.5 Å².